The molecule has 0 bridgehead atoms. The second-order valence-corrected chi connectivity index (χ2v) is 15.2. The number of methoxy groups -OCH3 is 1. The summed E-state index contributed by atoms with van der Waals surface area (Å²) < 4.78 is 34.5. The van der Waals surface area contributed by atoms with Gasteiger partial charge in [-0.15, -0.1) is 11.8 Å². The average molecular weight is 698 g/mol. The fourth-order valence-corrected chi connectivity index (χ4v) is 7.77. The number of benzene rings is 3. The number of carbonyl (C=O) groups excluding carboxylic acids is 1. The van der Waals surface area contributed by atoms with Crippen molar-refractivity contribution >= 4 is 44.8 Å². The molecule has 4 rings (SSSR count). The van der Waals surface area contributed by atoms with Crippen LogP contribution in [0.5, 0.6) is 0 Å². The van der Waals surface area contributed by atoms with Crippen LogP contribution in [0, 0.1) is 10.1 Å². The molecule has 1 saturated heterocycles. The monoisotopic (exact) mass is 697 g/mol. The third kappa shape index (κ3) is 10.2. The van der Waals surface area contributed by atoms with Crippen molar-refractivity contribution in [2.75, 3.05) is 56.8 Å². The van der Waals surface area contributed by atoms with Crippen LogP contribution in [-0.4, -0.2) is 82.4 Å². The molecule has 3 aromatic rings. The zero-order chi connectivity index (χ0) is 34.7. The molecule has 48 heavy (non-hydrogen) atoms. The molecular formula is C35H47N5O6S2. The van der Waals surface area contributed by atoms with Crippen LogP contribution in [0.4, 0.5) is 17.1 Å². The molecule has 0 spiro atoms. The zero-order valence-electron chi connectivity index (χ0n) is 28.2. The predicted octanol–water partition coefficient (Wildman–Crippen LogP) is 6.41. The lowest BCUT2D eigenvalue weighted by molar-refractivity contribution is -0.384. The number of nitro groups is 1. The molecule has 13 heteroatoms. The summed E-state index contributed by atoms with van der Waals surface area (Å²) in [4.78, 5) is 29.5. The van der Waals surface area contributed by atoms with E-state index in [1.807, 2.05) is 61.5 Å². The number of nitro benzene ring substituents is 1. The normalized spacial score (nSPS) is 15.2. The quantitative estimate of drug-likeness (QED) is 0.0926. The van der Waals surface area contributed by atoms with Gasteiger partial charge in [-0.05, 0) is 94.9 Å². The minimum Gasteiger partial charge on any atom is -0.378 e. The number of hydrogen-bond acceptors (Lipinski definition) is 10. The number of anilines is 2. The van der Waals surface area contributed by atoms with Crippen molar-refractivity contribution in [1.82, 2.24) is 9.62 Å². The van der Waals surface area contributed by atoms with Crippen LogP contribution < -0.4 is 14.9 Å². The predicted molar refractivity (Wildman–Crippen MR) is 193 cm³/mol. The summed E-state index contributed by atoms with van der Waals surface area (Å²) in [6.07, 6.45) is 5.82. The van der Waals surface area contributed by atoms with Crippen LogP contribution in [0.1, 0.15) is 55.8 Å². The number of hydrogen-bond donors (Lipinski definition) is 2. The molecule has 2 N–H and O–H groups in total. The summed E-state index contributed by atoms with van der Waals surface area (Å²) in [7, 11) is 1.31. The Labute approximate surface area is 288 Å². The Morgan fingerprint density at radius 3 is 2.38 bits per heavy atom. The van der Waals surface area contributed by atoms with E-state index < -0.39 is 20.9 Å². The Balaban J connectivity index is 1.43. The van der Waals surface area contributed by atoms with Crippen molar-refractivity contribution < 1.29 is 22.9 Å². The van der Waals surface area contributed by atoms with Gasteiger partial charge in [-0.1, -0.05) is 38.0 Å². The van der Waals surface area contributed by atoms with Crippen LogP contribution in [0.25, 0.3) is 0 Å². The number of amides is 1. The van der Waals surface area contributed by atoms with Gasteiger partial charge >= 0.3 is 0 Å². The largest absolute Gasteiger partial charge is 0.378 e. The molecule has 0 aromatic heterocycles. The molecule has 0 saturated carbocycles. The van der Waals surface area contributed by atoms with E-state index in [2.05, 4.69) is 21.9 Å². The number of carbonyl (C=O) groups is 1. The molecule has 11 nitrogen and oxygen atoms in total. The van der Waals surface area contributed by atoms with Gasteiger partial charge in [0.25, 0.3) is 21.6 Å². The van der Waals surface area contributed by atoms with E-state index in [9.17, 15) is 23.3 Å². The van der Waals surface area contributed by atoms with Crippen LogP contribution >= 0.6 is 11.8 Å². The molecule has 1 amide bonds. The van der Waals surface area contributed by atoms with E-state index in [-0.39, 0.29) is 33.5 Å². The van der Waals surface area contributed by atoms with Gasteiger partial charge in [0.1, 0.15) is 5.69 Å². The zero-order valence-corrected chi connectivity index (χ0v) is 29.8. The minimum absolute atomic E-state index is 0.0980. The number of nitrogens with one attached hydrogen (secondary N) is 2. The number of nitrogens with zero attached hydrogens (tertiary/aromatic N) is 3. The van der Waals surface area contributed by atoms with E-state index in [4.69, 9.17) is 4.74 Å². The van der Waals surface area contributed by atoms with Gasteiger partial charge in [0, 0.05) is 54.2 Å². The molecule has 1 atom stereocenters. The lowest BCUT2D eigenvalue weighted by Gasteiger charge is -2.42. The molecular weight excluding hydrogens is 651 g/mol. The molecule has 0 radical (unpaired) electrons. The number of thioether (sulfide) groups is 1. The van der Waals surface area contributed by atoms with E-state index >= 15 is 0 Å². The topological polar surface area (TPSA) is 134 Å². The lowest BCUT2D eigenvalue weighted by Crippen LogP contribution is -2.45. The van der Waals surface area contributed by atoms with E-state index in [0.717, 1.165) is 68.4 Å². The van der Waals surface area contributed by atoms with Crippen molar-refractivity contribution in [2.45, 2.75) is 66.9 Å². The van der Waals surface area contributed by atoms with Crippen molar-refractivity contribution in [3.63, 3.8) is 0 Å². The first-order valence-electron chi connectivity index (χ1n) is 16.3. The van der Waals surface area contributed by atoms with Crippen LogP contribution in [0.3, 0.4) is 0 Å². The molecule has 1 aliphatic heterocycles. The smallest absolute Gasteiger partial charge is 0.293 e. The van der Waals surface area contributed by atoms with Gasteiger partial charge in [-0.2, -0.15) is 0 Å². The first kappa shape index (κ1) is 37.2. The molecule has 260 valence electrons. The van der Waals surface area contributed by atoms with E-state index in [1.54, 1.807) is 31.0 Å². The number of ether oxygens (including phenoxy) is 1. The maximum absolute atomic E-state index is 13.2. The van der Waals surface area contributed by atoms with E-state index in [0.29, 0.717) is 12.2 Å². The fraction of sp³-hybridized carbons (Fsp3) is 0.457. The highest BCUT2D eigenvalue weighted by Gasteiger charge is 2.34. The summed E-state index contributed by atoms with van der Waals surface area (Å²) in [6, 6.07) is 20.2. The Morgan fingerprint density at radius 1 is 1.08 bits per heavy atom. The molecule has 3 aromatic carbocycles. The maximum atomic E-state index is 13.2. The maximum Gasteiger partial charge on any atom is 0.293 e. The Hall–Kier alpha value is -3.65. The van der Waals surface area contributed by atoms with Gasteiger partial charge in [0.2, 0.25) is 0 Å². The summed E-state index contributed by atoms with van der Waals surface area (Å²) in [6.45, 7) is 4.58. The lowest BCUT2D eigenvalue weighted by atomic mass is 9.86. The van der Waals surface area contributed by atoms with Crippen molar-refractivity contribution in [1.29, 1.82) is 0 Å². The summed E-state index contributed by atoms with van der Waals surface area (Å²) in [5, 5.41) is 15.4. The van der Waals surface area contributed by atoms with Crippen LogP contribution in [-0.2, 0) is 14.8 Å². The molecule has 0 aliphatic carbocycles. The standard InChI is InChI=1S/C35H47N5O6S2/c1-5-6-19-35(46-4)20-23-39(24-21-35)29-14-12-27(13-15-29)34(41)37-48(44,45)31-16-17-32(33(25-31)40(42)43)36-28(18-22-38(2)3)26-47-30-10-8-7-9-11-30/h7-17,25,28,36H,5-6,18-24,26H2,1-4H3,(H,37,41)/t28-/m1/s1. The van der Waals surface area contributed by atoms with Gasteiger partial charge in [-0.25, -0.2) is 13.1 Å². The van der Waals surface area contributed by atoms with Gasteiger partial charge < -0.3 is 19.9 Å². The minimum atomic E-state index is -4.40. The SMILES string of the molecule is CCCCC1(OC)CCN(c2ccc(C(=O)NS(=O)(=O)c3ccc(N[C@H](CCN(C)C)CSc4ccccc4)c([N+](=O)[O-])c3)cc2)CC1. The van der Waals surface area contributed by atoms with E-state index in [1.165, 1.54) is 12.1 Å². The highest BCUT2D eigenvalue weighted by molar-refractivity contribution is 7.99. The van der Waals surface area contributed by atoms with Crippen molar-refractivity contribution in [3.8, 4) is 0 Å². The molecule has 0 unspecified atom stereocenters. The second kappa shape index (κ2) is 17.1. The number of unbranched alkanes of at least 4 members (excludes halogenated alkanes) is 1. The first-order chi connectivity index (χ1) is 22.9. The Morgan fingerprint density at radius 2 is 1.77 bits per heavy atom. The van der Waals surface area contributed by atoms with Gasteiger partial charge in [-0.3, -0.25) is 14.9 Å². The Kier molecular flexibility index (Phi) is 13.3. The summed E-state index contributed by atoms with van der Waals surface area (Å²) >= 11 is 1.64. The van der Waals surface area contributed by atoms with Crippen LogP contribution in [0.15, 0.2) is 82.6 Å². The highest BCUT2D eigenvalue weighted by atomic mass is 32.2. The first-order valence-corrected chi connectivity index (χ1v) is 18.8. The average Bonchev–Trinajstić information content (AvgIpc) is 3.09. The number of sulfonamides is 1. The third-order valence-corrected chi connectivity index (χ3v) is 11.3. The number of piperidine rings is 1. The molecule has 1 heterocycles. The Bertz CT molecular complexity index is 1610. The number of rotatable bonds is 17. The molecule has 1 fully saturated rings. The second-order valence-electron chi connectivity index (χ2n) is 12.5. The fourth-order valence-electron chi connectivity index (χ4n) is 5.79. The third-order valence-electron chi connectivity index (χ3n) is 8.77. The van der Waals surface area contributed by atoms with Gasteiger partial charge in [0.05, 0.1) is 15.4 Å². The summed E-state index contributed by atoms with van der Waals surface area (Å²) in [5.74, 6) is -0.168. The van der Waals surface area contributed by atoms with Gasteiger partial charge in [0.15, 0.2) is 0 Å². The van der Waals surface area contributed by atoms with Crippen molar-refractivity contribution in [2.24, 2.45) is 0 Å². The summed E-state index contributed by atoms with van der Waals surface area (Å²) in [5.41, 5.74) is 0.839. The molecule has 1 aliphatic rings. The highest BCUT2D eigenvalue weighted by Crippen LogP contribution is 2.33. The van der Waals surface area contributed by atoms with Crippen LogP contribution in [0.2, 0.25) is 0 Å². The van der Waals surface area contributed by atoms with Crippen molar-refractivity contribution in [3.05, 3.63) is 88.5 Å².